The van der Waals surface area contributed by atoms with Crippen LogP contribution in [0.3, 0.4) is 0 Å². The maximum absolute atomic E-state index is 12.1. The van der Waals surface area contributed by atoms with Gasteiger partial charge in [0.25, 0.3) is 5.91 Å². The lowest BCUT2D eigenvalue weighted by atomic mass is 10.2. The van der Waals surface area contributed by atoms with E-state index in [9.17, 15) is 4.79 Å². The summed E-state index contributed by atoms with van der Waals surface area (Å²) in [5.41, 5.74) is 3.78. The third kappa shape index (κ3) is 4.99. The highest BCUT2D eigenvalue weighted by molar-refractivity contribution is 14.1. The number of methoxy groups -OCH3 is 1. The molecule has 0 aromatic heterocycles. The van der Waals surface area contributed by atoms with Gasteiger partial charge in [-0.05, 0) is 70.6 Å². The van der Waals surface area contributed by atoms with Gasteiger partial charge in [-0.25, -0.2) is 5.43 Å². The molecule has 0 atom stereocenters. The van der Waals surface area contributed by atoms with E-state index < -0.39 is 0 Å². The largest absolute Gasteiger partial charge is 0.496 e. The number of carbonyl (C=O) groups excluding carboxylic acids is 1. The van der Waals surface area contributed by atoms with Crippen LogP contribution in [0.25, 0.3) is 0 Å². The zero-order chi connectivity index (χ0) is 17.4. The zero-order valence-electron chi connectivity index (χ0n) is 13.0. The number of nitrogens with one attached hydrogen (secondary N) is 1. The van der Waals surface area contributed by atoms with E-state index in [0.717, 1.165) is 9.13 Å². The van der Waals surface area contributed by atoms with Crippen molar-refractivity contribution in [1.29, 1.82) is 0 Å². The van der Waals surface area contributed by atoms with E-state index in [-0.39, 0.29) is 12.5 Å². The Labute approximate surface area is 154 Å². The van der Waals surface area contributed by atoms with Gasteiger partial charge in [0.05, 0.1) is 16.9 Å². The van der Waals surface area contributed by atoms with Crippen LogP contribution in [0, 0.1) is 15.9 Å². The predicted octanol–water partition coefficient (Wildman–Crippen LogP) is 3.08. The van der Waals surface area contributed by atoms with E-state index in [4.69, 9.17) is 15.9 Å². The number of benzene rings is 2. The first kappa shape index (κ1) is 17.8. The van der Waals surface area contributed by atoms with Crippen molar-refractivity contribution in [3.05, 3.63) is 57.2 Å². The van der Waals surface area contributed by atoms with E-state index in [1.807, 2.05) is 18.2 Å². The first-order valence-electron chi connectivity index (χ1n) is 6.97. The van der Waals surface area contributed by atoms with Gasteiger partial charge in [-0.15, -0.1) is 6.42 Å². The minimum Gasteiger partial charge on any atom is -0.496 e. The topological polar surface area (TPSA) is 59.9 Å². The average Bonchev–Trinajstić information content (AvgIpc) is 2.61. The molecule has 0 saturated carbocycles. The molecule has 0 heterocycles. The van der Waals surface area contributed by atoms with Gasteiger partial charge in [0.2, 0.25) is 0 Å². The molecule has 0 unspecified atom stereocenters. The number of hydrogen-bond acceptors (Lipinski definition) is 4. The Hall–Kier alpha value is -2.53. The van der Waals surface area contributed by atoms with Crippen LogP contribution in [0.15, 0.2) is 47.6 Å². The van der Waals surface area contributed by atoms with Gasteiger partial charge >= 0.3 is 0 Å². The molecule has 0 bridgehead atoms. The molecule has 1 amide bonds. The molecule has 5 nitrogen and oxygen atoms in total. The predicted molar refractivity (Wildman–Crippen MR) is 102 cm³/mol. The number of hydrogen-bond donors (Lipinski definition) is 1. The monoisotopic (exact) mass is 434 g/mol. The van der Waals surface area contributed by atoms with Crippen LogP contribution in [0.5, 0.6) is 11.5 Å². The molecule has 2 aromatic carbocycles. The second-order valence-corrected chi connectivity index (χ2v) is 5.77. The summed E-state index contributed by atoms with van der Waals surface area (Å²) >= 11 is 2.14. The number of carbonyl (C=O) groups is 1. The van der Waals surface area contributed by atoms with Crippen LogP contribution < -0.4 is 14.9 Å². The van der Waals surface area contributed by atoms with Crippen LogP contribution in [-0.2, 0) is 0 Å². The van der Waals surface area contributed by atoms with E-state index >= 15 is 0 Å². The Bertz CT molecular complexity index is 780. The smallest absolute Gasteiger partial charge is 0.271 e. The molecule has 0 aliphatic heterocycles. The highest BCUT2D eigenvalue weighted by Crippen LogP contribution is 2.21. The van der Waals surface area contributed by atoms with E-state index in [0.29, 0.717) is 17.1 Å². The highest BCUT2D eigenvalue weighted by atomic mass is 127. The van der Waals surface area contributed by atoms with Gasteiger partial charge in [-0.2, -0.15) is 5.10 Å². The summed E-state index contributed by atoms with van der Waals surface area (Å²) in [5.74, 6) is 3.42. The van der Waals surface area contributed by atoms with E-state index in [2.05, 4.69) is 39.0 Å². The van der Waals surface area contributed by atoms with E-state index in [1.165, 1.54) is 0 Å². The third-order valence-corrected chi connectivity index (χ3v) is 3.89. The third-order valence-electron chi connectivity index (χ3n) is 3.00. The molecule has 0 spiro atoms. The summed E-state index contributed by atoms with van der Waals surface area (Å²) in [6.07, 6.45) is 6.68. The highest BCUT2D eigenvalue weighted by Gasteiger charge is 2.08. The lowest BCUT2D eigenvalue weighted by Gasteiger charge is -2.05. The standard InChI is InChI=1S/C18H15IN2O3/c1-3-10-24-15-7-4-13(5-8-15)12-20-21-18(22)14-6-9-16(19)17(11-14)23-2/h1,4-9,11-12H,10H2,2H3,(H,21,22)/b20-12-. The summed E-state index contributed by atoms with van der Waals surface area (Å²) in [6, 6.07) is 12.4. The Balaban J connectivity index is 1.96. The fraction of sp³-hybridized carbons (Fsp3) is 0.111. The summed E-state index contributed by atoms with van der Waals surface area (Å²) in [4.78, 5) is 12.1. The number of nitrogens with zero attached hydrogens (tertiary/aromatic N) is 1. The lowest BCUT2D eigenvalue weighted by Crippen LogP contribution is -2.17. The Morgan fingerprint density at radius 2 is 2.08 bits per heavy atom. The summed E-state index contributed by atoms with van der Waals surface area (Å²) in [5, 5.41) is 3.95. The minimum atomic E-state index is -0.310. The van der Waals surface area contributed by atoms with Crippen molar-refractivity contribution >= 4 is 34.7 Å². The molecule has 2 rings (SSSR count). The molecule has 122 valence electrons. The molecular formula is C18H15IN2O3. The molecule has 6 heteroatoms. The Kier molecular flexibility index (Phi) is 6.63. The van der Waals surface area contributed by atoms with Crippen LogP contribution in [0.2, 0.25) is 0 Å². The SMILES string of the molecule is C#CCOc1ccc(/C=N\NC(=O)c2ccc(I)c(OC)c2)cc1. The Morgan fingerprint density at radius 3 is 2.75 bits per heavy atom. The average molecular weight is 434 g/mol. The van der Waals surface area contributed by atoms with Crippen molar-refractivity contribution in [2.45, 2.75) is 0 Å². The number of ether oxygens (including phenoxy) is 2. The van der Waals surface area contributed by atoms with Crippen LogP contribution in [-0.4, -0.2) is 25.8 Å². The summed E-state index contributed by atoms with van der Waals surface area (Å²) in [6.45, 7) is 0.225. The molecule has 2 aromatic rings. The maximum Gasteiger partial charge on any atom is 0.271 e. The van der Waals surface area contributed by atoms with Crippen molar-refractivity contribution in [2.75, 3.05) is 13.7 Å². The van der Waals surface area contributed by atoms with Crippen molar-refractivity contribution in [3.8, 4) is 23.8 Å². The van der Waals surface area contributed by atoms with E-state index in [1.54, 1.807) is 37.6 Å². The number of rotatable bonds is 6. The number of hydrazone groups is 1. The molecule has 1 N–H and O–H groups in total. The Morgan fingerprint density at radius 1 is 1.33 bits per heavy atom. The van der Waals surface area contributed by atoms with Gasteiger partial charge in [0.15, 0.2) is 0 Å². The second-order valence-electron chi connectivity index (χ2n) is 4.61. The van der Waals surface area contributed by atoms with Crippen molar-refractivity contribution < 1.29 is 14.3 Å². The van der Waals surface area contributed by atoms with Crippen molar-refractivity contribution in [2.24, 2.45) is 5.10 Å². The quantitative estimate of drug-likeness (QED) is 0.329. The molecule has 0 radical (unpaired) electrons. The van der Waals surface area contributed by atoms with Crippen LogP contribution in [0.1, 0.15) is 15.9 Å². The minimum absolute atomic E-state index is 0.225. The number of halogens is 1. The first-order valence-corrected chi connectivity index (χ1v) is 8.05. The van der Waals surface area contributed by atoms with Gasteiger partial charge < -0.3 is 9.47 Å². The summed E-state index contributed by atoms with van der Waals surface area (Å²) in [7, 11) is 1.56. The zero-order valence-corrected chi connectivity index (χ0v) is 15.1. The van der Waals surface area contributed by atoms with Crippen LogP contribution >= 0.6 is 22.6 Å². The van der Waals surface area contributed by atoms with Gasteiger partial charge in [0.1, 0.15) is 18.1 Å². The fourth-order valence-electron chi connectivity index (χ4n) is 1.81. The first-order chi connectivity index (χ1) is 11.6. The molecule has 0 aliphatic carbocycles. The lowest BCUT2D eigenvalue weighted by molar-refractivity contribution is 0.0954. The maximum atomic E-state index is 12.1. The molecule has 0 saturated heterocycles. The molecule has 0 aliphatic rings. The fourth-order valence-corrected chi connectivity index (χ4v) is 2.36. The van der Waals surface area contributed by atoms with Gasteiger partial charge in [0, 0.05) is 5.56 Å². The van der Waals surface area contributed by atoms with Crippen molar-refractivity contribution in [3.63, 3.8) is 0 Å². The van der Waals surface area contributed by atoms with Gasteiger partial charge in [-0.1, -0.05) is 5.92 Å². The molecular weight excluding hydrogens is 419 g/mol. The molecule has 0 fully saturated rings. The number of terminal acetylenes is 1. The molecule has 24 heavy (non-hydrogen) atoms. The van der Waals surface area contributed by atoms with Gasteiger partial charge in [-0.3, -0.25) is 4.79 Å². The van der Waals surface area contributed by atoms with Crippen molar-refractivity contribution in [1.82, 2.24) is 5.43 Å². The number of amides is 1. The van der Waals surface area contributed by atoms with Crippen LogP contribution in [0.4, 0.5) is 0 Å². The normalized spacial score (nSPS) is 10.2. The second kappa shape index (κ2) is 8.93. The summed E-state index contributed by atoms with van der Waals surface area (Å²) < 4.78 is 11.4.